The molecule has 2 aromatic heterocycles. The van der Waals surface area contributed by atoms with E-state index in [-0.39, 0.29) is 0 Å². The van der Waals surface area contributed by atoms with Crippen molar-refractivity contribution in [1.29, 1.82) is 0 Å². The second-order valence-electron chi connectivity index (χ2n) is 6.04. The molecule has 0 aliphatic rings. The third kappa shape index (κ3) is 4.05. The Morgan fingerprint density at radius 1 is 1.32 bits per heavy atom. The summed E-state index contributed by atoms with van der Waals surface area (Å²) < 4.78 is 8.83. The van der Waals surface area contributed by atoms with Crippen LogP contribution in [0.25, 0.3) is 21.9 Å². The molecule has 3 aromatic rings. The molecular weight excluding hydrogens is 338 g/mol. The minimum absolute atomic E-state index is 0.457. The van der Waals surface area contributed by atoms with Gasteiger partial charge < -0.3 is 9.30 Å². The van der Waals surface area contributed by atoms with Crippen molar-refractivity contribution in [3.8, 4) is 0 Å². The van der Waals surface area contributed by atoms with Gasteiger partial charge in [0.25, 0.3) is 11.7 Å². The molecule has 5 nitrogen and oxygen atoms in total. The van der Waals surface area contributed by atoms with Crippen LogP contribution in [-0.4, -0.2) is 21.4 Å². The average molecular weight is 365 g/mol. The van der Waals surface area contributed by atoms with Crippen LogP contribution >= 0.6 is 11.6 Å². The van der Waals surface area contributed by atoms with Gasteiger partial charge in [0.1, 0.15) is 12.4 Å². The van der Waals surface area contributed by atoms with Crippen LogP contribution in [0.1, 0.15) is 40.4 Å². The fourth-order valence-corrected chi connectivity index (χ4v) is 3.00. The zero-order valence-corrected chi connectivity index (χ0v) is 16.3. The Labute approximate surface area is 153 Å². The number of halogens is 1. The molecule has 0 saturated carbocycles. The summed E-state index contributed by atoms with van der Waals surface area (Å²) in [7, 11) is 0. The van der Waals surface area contributed by atoms with E-state index < -0.39 is 0 Å². The van der Waals surface area contributed by atoms with Gasteiger partial charge in [0.15, 0.2) is 5.52 Å². The van der Waals surface area contributed by atoms with Crippen molar-refractivity contribution >= 4 is 33.5 Å². The summed E-state index contributed by atoms with van der Waals surface area (Å²) in [6, 6.07) is 5.51. The second-order valence-corrected chi connectivity index (χ2v) is 6.48. The summed E-state index contributed by atoms with van der Waals surface area (Å²) in [6.07, 6.45) is 1.63. The van der Waals surface area contributed by atoms with Gasteiger partial charge in [-0.1, -0.05) is 39.3 Å². The lowest BCUT2D eigenvalue weighted by molar-refractivity contribution is -0.883. The van der Waals surface area contributed by atoms with Crippen molar-refractivity contribution in [2.24, 2.45) is 5.92 Å². The Bertz CT molecular complexity index is 859. The van der Waals surface area contributed by atoms with Gasteiger partial charge >= 0.3 is 0 Å². The molecule has 0 amide bonds. The molecule has 0 fully saturated rings. The van der Waals surface area contributed by atoms with Crippen molar-refractivity contribution in [3.63, 3.8) is 0 Å². The molecule has 1 N–H and O–H groups in total. The highest BCUT2D eigenvalue weighted by molar-refractivity contribution is 6.31. The van der Waals surface area contributed by atoms with E-state index in [1.54, 1.807) is 12.3 Å². The summed E-state index contributed by atoms with van der Waals surface area (Å²) in [5.41, 5.74) is 2.42. The average Bonchev–Trinajstić information content (AvgIpc) is 2.91. The van der Waals surface area contributed by atoms with E-state index in [1.165, 1.54) is 0 Å². The molecule has 3 rings (SSSR count). The van der Waals surface area contributed by atoms with Crippen LogP contribution in [0.15, 0.2) is 24.4 Å². The smallest absolute Gasteiger partial charge is 0.268 e. The lowest BCUT2D eigenvalue weighted by Crippen LogP contribution is -2.30. The van der Waals surface area contributed by atoms with Gasteiger partial charge in [-0.05, 0) is 25.0 Å². The highest BCUT2D eigenvalue weighted by Crippen LogP contribution is 2.27. The minimum atomic E-state index is 0.457. The van der Waals surface area contributed by atoms with E-state index >= 15 is 0 Å². The molecular formula is C19H27ClN3O2+. The third-order valence-electron chi connectivity index (χ3n) is 3.76. The Morgan fingerprint density at radius 3 is 2.68 bits per heavy atom. The van der Waals surface area contributed by atoms with Crippen LogP contribution in [-0.2, 0) is 17.9 Å². The number of aromatic nitrogens is 3. The first-order valence-electron chi connectivity index (χ1n) is 8.81. The zero-order chi connectivity index (χ0) is 18.6. The number of ether oxygens (including phenoxy) is 1. The van der Waals surface area contributed by atoms with E-state index in [2.05, 4.69) is 23.4 Å². The third-order valence-corrected chi connectivity index (χ3v) is 4.00. The number of hydrogen-bond donors (Lipinski definition) is 1. The van der Waals surface area contributed by atoms with Crippen molar-refractivity contribution in [1.82, 2.24) is 9.55 Å². The van der Waals surface area contributed by atoms with Crippen LogP contribution in [0.4, 0.5) is 0 Å². The Morgan fingerprint density at radius 2 is 2.04 bits per heavy atom. The number of fused-ring (bicyclic) bond motifs is 3. The molecule has 0 spiro atoms. The molecule has 25 heavy (non-hydrogen) atoms. The number of rotatable bonds is 5. The topological polar surface area (TPSA) is 51.2 Å². The molecule has 0 radical (unpaired) electrons. The summed E-state index contributed by atoms with van der Waals surface area (Å²) in [5, 5.41) is 11.7. The van der Waals surface area contributed by atoms with E-state index in [0.29, 0.717) is 29.7 Å². The second kappa shape index (κ2) is 8.50. The van der Waals surface area contributed by atoms with E-state index in [4.69, 9.17) is 16.3 Å². The molecule has 0 bridgehead atoms. The van der Waals surface area contributed by atoms with Crippen LogP contribution in [0.3, 0.4) is 0 Å². The molecule has 0 unspecified atom stereocenters. The maximum Gasteiger partial charge on any atom is 0.268 e. The molecule has 0 saturated heterocycles. The monoisotopic (exact) mass is 364 g/mol. The first-order valence-corrected chi connectivity index (χ1v) is 9.19. The van der Waals surface area contributed by atoms with E-state index in [0.717, 1.165) is 33.5 Å². The van der Waals surface area contributed by atoms with Gasteiger partial charge in [0, 0.05) is 29.0 Å². The quantitative estimate of drug-likeness (QED) is 0.532. The molecule has 136 valence electrons. The minimum Gasteiger partial charge on any atom is -0.374 e. The van der Waals surface area contributed by atoms with Crippen LogP contribution in [0.5, 0.6) is 0 Å². The van der Waals surface area contributed by atoms with Crippen molar-refractivity contribution in [3.05, 3.63) is 35.2 Å². The molecule has 1 aromatic carbocycles. The molecule has 0 aliphatic heterocycles. The largest absolute Gasteiger partial charge is 0.374 e. The number of benzene rings is 1. The summed E-state index contributed by atoms with van der Waals surface area (Å²) in [4.78, 5) is 4.66. The van der Waals surface area contributed by atoms with Gasteiger partial charge in [-0.3, -0.25) is 5.21 Å². The first kappa shape index (κ1) is 19.5. The van der Waals surface area contributed by atoms with E-state index in [1.807, 2.05) is 32.9 Å². The fourth-order valence-electron chi connectivity index (χ4n) is 2.84. The van der Waals surface area contributed by atoms with Crippen molar-refractivity contribution in [2.45, 2.75) is 47.8 Å². The highest BCUT2D eigenvalue weighted by Gasteiger charge is 2.21. The van der Waals surface area contributed by atoms with Gasteiger partial charge in [0.2, 0.25) is 0 Å². The van der Waals surface area contributed by atoms with Crippen LogP contribution in [0.2, 0.25) is 5.02 Å². The molecule has 0 atom stereocenters. The van der Waals surface area contributed by atoms with Crippen molar-refractivity contribution < 1.29 is 14.7 Å². The summed E-state index contributed by atoms with van der Waals surface area (Å²) in [6.45, 7) is 12.2. The van der Waals surface area contributed by atoms with E-state index in [9.17, 15) is 5.21 Å². The summed E-state index contributed by atoms with van der Waals surface area (Å²) in [5.74, 6) is 1.34. The van der Waals surface area contributed by atoms with Crippen LogP contribution < -0.4 is 4.73 Å². The van der Waals surface area contributed by atoms with Gasteiger partial charge in [0.05, 0.1) is 10.9 Å². The lowest BCUT2D eigenvalue weighted by atomic mass is 10.1. The fraction of sp³-hybridized carbons (Fsp3) is 0.474. The number of hydrogen-bond acceptors (Lipinski definition) is 3. The first-order chi connectivity index (χ1) is 12.0. The predicted octanol–water partition coefficient (Wildman–Crippen LogP) is 4.59. The standard InChI is InChI=1S/C17H21ClN3O2.C2H6/c1-4-23-10-16-19-14-9-21(22)15-7-12(18)5-6-13(15)17(14)20(16)8-11(2)3;1-2/h5-7,9,11,22H,4,8,10H2,1-3H3;1-2H3/q+1;. The predicted molar refractivity (Wildman–Crippen MR) is 101 cm³/mol. The van der Waals surface area contributed by atoms with Gasteiger partial charge in [-0.2, -0.15) is 0 Å². The molecule has 0 aliphatic carbocycles. The maximum absolute atomic E-state index is 10.2. The normalized spacial score (nSPS) is 11.2. The molecule has 2 heterocycles. The Kier molecular flexibility index (Phi) is 6.62. The zero-order valence-electron chi connectivity index (χ0n) is 15.6. The van der Waals surface area contributed by atoms with Crippen LogP contribution in [0, 0.1) is 5.92 Å². The summed E-state index contributed by atoms with van der Waals surface area (Å²) >= 11 is 6.07. The van der Waals surface area contributed by atoms with Gasteiger partial charge in [-0.15, -0.1) is 0 Å². The highest BCUT2D eigenvalue weighted by atomic mass is 35.5. The number of pyridine rings is 1. The Balaban J connectivity index is 0.00000109. The SMILES string of the molecule is CC.CCOCc1nc2c[n+](O)c3cc(Cl)ccc3c2n1CC(C)C. The maximum atomic E-state index is 10.2. The van der Waals surface area contributed by atoms with Crippen molar-refractivity contribution in [2.75, 3.05) is 6.61 Å². The number of imidazole rings is 1. The lowest BCUT2D eigenvalue weighted by Gasteiger charge is -2.12. The van der Waals surface area contributed by atoms with Gasteiger partial charge in [-0.25, -0.2) is 4.98 Å². The Hall–Kier alpha value is -1.85. The molecule has 6 heteroatoms. The number of nitrogens with zero attached hydrogens (tertiary/aromatic N) is 3.